The fraction of sp³-hybridized carbons (Fsp3) is 0.500. The van der Waals surface area contributed by atoms with E-state index in [1.54, 1.807) is 21.6 Å². The second-order valence-corrected chi connectivity index (χ2v) is 7.89. The number of nitrogens with one attached hydrogen (secondary N) is 2. The summed E-state index contributed by atoms with van der Waals surface area (Å²) in [6.45, 7) is 5.52. The van der Waals surface area contributed by atoms with Gasteiger partial charge in [-0.25, -0.2) is 14.5 Å². The number of pyridine rings is 1. The van der Waals surface area contributed by atoms with E-state index in [1.807, 2.05) is 12.1 Å². The highest BCUT2D eigenvalue weighted by atomic mass is 16.2. The van der Waals surface area contributed by atoms with Crippen LogP contribution < -0.4 is 11.0 Å². The molecule has 3 aromatic heterocycles. The Morgan fingerprint density at radius 3 is 3.07 bits per heavy atom. The number of H-pyrrole nitrogens is 1. The predicted molar refractivity (Wildman–Crippen MR) is 106 cm³/mol. The lowest BCUT2D eigenvalue weighted by Crippen LogP contribution is -2.36. The first-order chi connectivity index (χ1) is 13.5. The standard InChI is InChI=1S/C20H26N6O2/c1-13(2)6-10-26-20(28)25-9-7-16(3-4-17(25)24-26)23-19(27)15-11-14-5-8-21-18(14)22-12-15/h5,8,11-13,16H,3-4,6-7,9-10H2,1-2H3,(H,21,22)(H,23,27). The van der Waals surface area contributed by atoms with Gasteiger partial charge < -0.3 is 10.3 Å². The van der Waals surface area contributed by atoms with Gasteiger partial charge in [0.25, 0.3) is 5.91 Å². The lowest BCUT2D eigenvalue weighted by atomic mass is 10.1. The number of fused-ring (bicyclic) bond motifs is 2. The van der Waals surface area contributed by atoms with Crippen molar-refractivity contribution >= 4 is 16.9 Å². The van der Waals surface area contributed by atoms with E-state index >= 15 is 0 Å². The number of amides is 1. The van der Waals surface area contributed by atoms with Gasteiger partial charge >= 0.3 is 5.69 Å². The fourth-order valence-electron chi connectivity index (χ4n) is 3.63. The summed E-state index contributed by atoms with van der Waals surface area (Å²) in [5.74, 6) is 1.23. The number of carbonyl (C=O) groups excluding carboxylic acids is 1. The molecular formula is C20H26N6O2. The number of nitrogens with zero attached hydrogens (tertiary/aromatic N) is 4. The first-order valence-corrected chi connectivity index (χ1v) is 9.92. The van der Waals surface area contributed by atoms with Crippen LogP contribution in [-0.2, 0) is 19.5 Å². The summed E-state index contributed by atoms with van der Waals surface area (Å²) < 4.78 is 3.35. The third kappa shape index (κ3) is 3.72. The van der Waals surface area contributed by atoms with Crippen molar-refractivity contribution in [3.05, 3.63) is 46.4 Å². The quantitative estimate of drug-likeness (QED) is 0.706. The molecule has 148 valence electrons. The van der Waals surface area contributed by atoms with Crippen LogP contribution in [-0.4, -0.2) is 36.3 Å². The Kier molecular flexibility index (Phi) is 5.02. The first kappa shape index (κ1) is 18.5. The average Bonchev–Trinajstić information content (AvgIpc) is 3.20. The molecular weight excluding hydrogens is 356 g/mol. The zero-order valence-electron chi connectivity index (χ0n) is 16.3. The molecule has 0 aliphatic carbocycles. The van der Waals surface area contributed by atoms with Gasteiger partial charge in [-0.15, -0.1) is 0 Å². The minimum Gasteiger partial charge on any atom is -0.349 e. The Bertz CT molecular complexity index is 1040. The van der Waals surface area contributed by atoms with Crippen LogP contribution in [0.2, 0.25) is 0 Å². The molecule has 3 aromatic rings. The summed E-state index contributed by atoms with van der Waals surface area (Å²) in [5, 5.41) is 8.53. The summed E-state index contributed by atoms with van der Waals surface area (Å²) in [5.41, 5.74) is 1.28. The van der Waals surface area contributed by atoms with Gasteiger partial charge in [0, 0.05) is 43.3 Å². The van der Waals surface area contributed by atoms with Crippen LogP contribution in [0.5, 0.6) is 0 Å². The van der Waals surface area contributed by atoms with Gasteiger partial charge in [0.05, 0.1) is 5.56 Å². The van der Waals surface area contributed by atoms with Crippen LogP contribution in [0, 0.1) is 5.92 Å². The molecule has 0 aromatic carbocycles. The van der Waals surface area contributed by atoms with Gasteiger partial charge in [-0.05, 0) is 37.3 Å². The number of aromatic amines is 1. The van der Waals surface area contributed by atoms with Crippen molar-refractivity contribution in [1.29, 1.82) is 0 Å². The molecule has 0 saturated heterocycles. The molecule has 28 heavy (non-hydrogen) atoms. The Labute approximate surface area is 163 Å². The van der Waals surface area contributed by atoms with E-state index in [9.17, 15) is 9.59 Å². The second-order valence-electron chi connectivity index (χ2n) is 7.89. The molecule has 8 nitrogen and oxygen atoms in total. The summed E-state index contributed by atoms with van der Waals surface area (Å²) in [6, 6.07) is 3.75. The van der Waals surface area contributed by atoms with E-state index in [-0.39, 0.29) is 17.6 Å². The van der Waals surface area contributed by atoms with Crippen molar-refractivity contribution < 1.29 is 4.79 Å². The summed E-state index contributed by atoms with van der Waals surface area (Å²) in [4.78, 5) is 32.5. The van der Waals surface area contributed by atoms with Gasteiger partial charge in [0.2, 0.25) is 0 Å². The third-order valence-electron chi connectivity index (χ3n) is 5.33. The molecule has 4 heterocycles. The van der Waals surface area contributed by atoms with Crippen molar-refractivity contribution in [1.82, 2.24) is 29.6 Å². The third-order valence-corrected chi connectivity index (χ3v) is 5.33. The van der Waals surface area contributed by atoms with Crippen molar-refractivity contribution in [2.45, 2.75) is 58.7 Å². The predicted octanol–water partition coefficient (Wildman–Crippen LogP) is 2.10. The van der Waals surface area contributed by atoms with Gasteiger partial charge in [-0.3, -0.25) is 9.36 Å². The first-order valence-electron chi connectivity index (χ1n) is 9.92. The van der Waals surface area contributed by atoms with Gasteiger partial charge in [-0.1, -0.05) is 13.8 Å². The molecule has 0 fully saturated rings. The van der Waals surface area contributed by atoms with E-state index in [2.05, 4.69) is 34.2 Å². The van der Waals surface area contributed by atoms with Crippen molar-refractivity contribution in [2.24, 2.45) is 5.92 Å². The molecule has 1 atom stereocenters. The van der Waals surface area contributed by atoms with E-state index in [1.165, 1.54) is 0 Å². The van der Waals surface area contributed by atoms with Crippen molar-refractivity contribution in [3.63, 3.8) is 0 Å². The Morgan fingerprint density at radius 1 is 1.39 bits per heavy atom. The number of hydrogen-bond acceptors (Lipinski definition) is 4. The maximum Gasteiger partial charge on any atom is 0.345 e. The highest BCUT2D eigenvalue weighted by Gasteiger charge is 2.22. The van der Waals surface area contributed by atoms with E-state index < -0.39 is 0 Å². The SMILES string of the molecule is CC(C)CCn1nc2n(c1=O)CCC(NC(=O)c1cnc3[nH]ccc3c1)CC2. The Morgan fingerprint density at radius 2 is 2.25 bits per heavy atom. The minimum absolute atomic E-state index is 0.0136. The molecule has 1 aliphatic heterocycles. The number of hydrogen-bond donors (Lipinski definition) is 2. The maximum atomic E-state index is 12.6. The van der Waals surface area contributed by atoms with E-state index in [4.69, 9.17) is 0 Å². The topological polar surface area (TPSA) is 97.6 Å². The molecule has 0 saturated carbocycles. The van der Waals surface area contributed by atoms with Crippen LogP contribution in [0.15, 0.2) is 29.3 Å². The van der Waals surface area contributed by atoms with Crippen LogP contribution in [0.3, 0.4) is 0 Å². The molecule has 1 unspecified atom stereocenters. The Hall–Kier alpha value is -2.90. The smallest absolute Gasteiger partial charge is 0.345 e. The monoisotopic (exact) mass is 382 g/mol. The molecule has 0 bridgehead atoms. The molecule has 1 aliphatic rings. The lowest BCUT2D eigenvalue weighted by molar-refractivity contribution is 0.0932. The van der Waals surface area contributed by atoms with Gasteiger partial charge in [-0.2, -0.15) is 5.10 Å². The molecule has 8 heteroatoms. The van der Waals surface area contributed by atoms with Gasteiger partial charge in [0.1, 0.15) is 11.5 Å². The highest BCUT2D eigenvalue weighted by Crippen LogP contribution is 2.15. The van der Waals surface area contributed by atoms with Crippen LogP contribution in [0.1, 0.15) is 49.3 Å². The molecule has 0 radical (unpaired) electrons. The minimum atomic E-state index is -0.130. The number of aromatic nitrogens is 5. The largest absolute Gasteiger partial charge is 0.349 e. The van der Waals surface area contributed by atoms with E-state index in [0.717, 1.165) is 29.7 Å². The number of carbonyl (C=O) groups is 1. The summed E-state index contributed by atoms with van der Waals surface area (Å²) in [7, 11) is 0. The highest BCUT2D eigenvalue weighted by molar-refractivity contribution is 5.97. The van der Waals surface area contributed by atoms with Gasteiger partial charge in [0.15, 0.2) is 0 Å². The lowest BCUT2D eigenvalue weighted by Gasteiger charge is -2.16. The number of rotatable bonds is 5. The molecule has 0 spiro atoms. The van der Waals surface area contributed by atoms with Crippen LogP contribution >= 0.6 is 0 Å². The van der Waals surface area contributed by atoms with Crippen molar-refractivity contribution in [2.75, 3.05) is 0 Å². The zero-order valence-corrected chi connectivity index (χ0v) is 16.3. The fourth-order valence-corrected chi connectivity index (χ4v) is 3.63. The zero-order chi connectivity index (χ0) is 19.7. The van der Waals surface area contributed by atoms with E-state index in [0.29, 0.717) is 37.4 Å². The normalized spacial score (nSPS) is 16.9. The van der Waals surface area contributed by atoms with Crippen LogP contribution in [0.4, 0.5) is 0 Å². The summed E-state index contributed by atoms with van der Waals surface area (Å²) >= 11 is 0. The Balaban J connectivity index is 1.41. The second kappa shape index (κ2) is 7.61. The summed E-state index contributed by atoms with van der Waals surface area (Å²) in [6.07, 6.45) is 6.50. The molecule has 1 amide bonds. The van der Waals surface area contributed by atoms with Crippen LogP contribution in [0.25, 0.3) is 11.0 Å². The number of aryl methyl sites for hydroxylation is 2. The van der Waals surface area contributed by atoms with Crippen molar-refractivity contribution in [3.8, 4) is 0 Å². The molecule has 4 rings (SSSR count). The molecule has 2 N–H and O–H groups in total. The maximum absolute atomic E-state index is 12.6. The average molecular weight is 382 g/mol.